The number of benzene rings is 1. The average Bonchev–Trinajstić information content (AvgIpc) is 2.48. The number of halogens is 2. The maximum Gasteiger partial charge on any atom is 0.251 e. The fraction of sp³-hybridized carbons (Fsp3) is 0.533. The Kier molecular flexibility index (Phi) is 5.96. The van der Waals surface area contributed by atoms with Gasteiger partial charge in [0.2, 0.25) is 0 Å². The summed E-state index contributed by atoms with van der Waals surface area (Å²) in [6.45, 7) is 3.27. The maximum absolute atomic E-state index is 13.0. The number of amides is 1. The molecule has 1 aliphatic heterocycles. The third kappa shape index (κ3) is 4.95. The minimum atomic E-state index is -0.527. The summed E-state index contributed by atoms with van der Waals surface area (Å²) in [6.07, 6.45) is 2.32. The molecule has 21 heavy (non-hydrogen) atoms. The van der Waals surface area contributed by atoms with E-state index in [2.05, 4.69) is 10.2 Å². The van der Waals surface area contributed by atoms with Crippen molar-refractivity contribution < 1.29 is 14.3 Å². The van der Waals surface area contributed by atoms with Gasteiger partial charge in [0.1, 0.15) is 5.82 Å². The highest BCUT2D eigenvalue weighted by molar-refractivity contribution is 6.31. The Labute approximate surface area is 128 Å². The second kappa shape index (κ2) is 7.73. The van der Waals surface area contributed by atoms with Crippen molar-refractivity contribution in [3.63, 3.8) is 0 Å². The zero-order valence-electron chi connectivity index (χ0n) is 11.8. The van der Waals surface area contributed by atoms with Crippen molar-refractivity contribution >= 4 is 17.5 Å². The summed E-state index contributed by atoms with van der Waals surface area (Å²) in [4.78, 5) is 14.1. The minimum absolute atomic E-state index is 0.0467. The summed E-state index contributed by atoms with van der Waals surface area (Å²) in [5.41, 5.74) is 0.363. The highest BCUT2D eigenvalue weighted by Crippen LogP contribution is 2.16. The van der Waals surface area contributed by atoms with E-state index in [4.69, 9.17) is 11.6 Å². The van der Waals surface area contributed by atoms with Gasteiger partial charge in [0.05, 0.1) is 11.1 Å². The summed E-state index contributed by atoms with van der Waals surface area (Å²) in [6, 6.07) is 3.94. The van der Waals surface area contributed by atoms with E-state index < -0.39 is 5.82 Å². The van der Waals surface area contributed by atoms with Crippen LogP contribution < -0.4 is 5.32 Å². The number of hydrogen-bond donors (Lipinski definition) is 2. The third-order valence-corrected chi connectivity index (χ3v) is 3.97. The number of likely N-dealkylation sites (tertiary alicyclic amines) is 1. The lowest BCUT2D eigenvalue weighted by molar-refractivity contribution is 0.0816. The molecule has 0 unspecified atom stereocenters. The molecule has 2 N–H and O–H groups in total. The molecule has 1 aromatic rings. The van der Waals surface area contributed by atoms with Gasteiger partial charge in [-0.3, -0.25) is 4.79 Å². The summed E-state index contributed by atoms with van der Waals surface area (Å²) in [5.74, 6) is -0.772. The van der Waals surface area contributed by atoms with Crippen molar-refractivity contribution in [1.82, 2.24) is 10.2 Å². The first-order chi connectivity index (χ1) is 10.1. The lowest BCUT2D eigenvalue weighted by Crippen LogP contribution is -2.37. The van der Waals surface area contributed by atoms with E-state index in [1.54, 1.807) is 0 Å². The van der Waals surface area contributed by atoms with Crippen LogP contribution in [0.4, 0.5) is 4.39 Å². The van der Waals surface area contributed by atoms with E-state index in [0.717, 1.165) is 38.9 Å². The average molecular weight is 315 g/mol. The Balaban J connectivity index is 1.68. The van der Waals surface area contributed by atoms with Gasteiger partial charge in [-0.25, -0.2) is 4.39 Å². The molecule has 0 atom stereocenters. The Bertz CT molecular complexity index is 491. The van der Waals surface area contributed by atoms with Crippen LogP contribution in [0.2, 0.25) is 5.02 Å². The zero-order valence-corrected chi connectivity index (χ0v) is 12.6. The van der Waals surface area contributed by atoms with Crippen LogP contribution in [0.5, 0.6) is 0 Å². The number of aliphatic hydroxyl groups is 1. The maximum atomic E-state index is 13.0. The molecule has 0 bridgehead atoms. The minimum Gasteiger partial charge on any atom is -0.393 e. The van der Waals surface area contributed by atoms with Crippen molar-refractivity contribution in [2.75, 3.05) is 26.2 Å². The molecule has 4 nitrogen and oxygen atoms in total. The SMILES string of the molecule is O=C(NCCCN1CCC(O)CC1)c1ccc(F)c(Cl)c1. The van der Waals surface area contributed by atoms with Gasteiger partial charge in [0.15, 0.2) is 0 Å². The number of nitrogens with one attached hydrogen (secondary N) is 1. The van der Waals surface area contributed by atoms with Gasteiger partial charge in [-0.2, -0.15) is 0 Å². The van der Waals surface area contributed by atoms with E-state index in [1.807, 2.05) is 0 Å². The van der Waals surface area contributed by atoms with Gasteiger partial charge >= 0.3 is 0 Å². The van der Waals surface area contributed by atoms with Crippen LogP contribution in [0, 0.1) is 5.82 Å². The number of piperidine rings is 1. The smallest absolute Gasteiger partial charge is 0.251 e. The topological polar surface area (TPSA) is 52.6 Å². The largest absolute Gasteiger partial charge is 0.393 e. The Morgan fingerprint density at radius 1 is 1.43 bits per heavy atom. The number of rotatable bonds is 5. The van der Waals surface area contributed by atoms with E-state index in [1.165, 1.54) is 18.2 Å². The highest BCUT2D eigenvalue weighted by Gasteiger charge is 2.16. The molecule has 0 spiro atoms. The molecule has 0 saturated carbocycles. The van der Waals surface area contributed by atoms with E-state index in [9.17, 15) is 14.3 Å². The van der Waals surface area contributed by atoms with Crippen LogP contribution in [-0.2, 0) is 0 Å². The second-order valence-electron chi connectivity index (χ2n) is 5.31. The first-order valence-electron chi connectivity index (χ1n) is 7.20. The predicted octanol–water partition coefficient (Wildman–Crippen LogP) is 2.06. The molecule has 2 rings (SSSR count). The van der Waals surface area contributed by atoms with Gasteiger partial charge in [0.25, 0.3) is 5.91 Å². The molecule has 6 heteroatoms. The molecule has 1 aliphatic rings. The Hall–Kier alpha value is -1.17. The molecule has 1 saturated heterocycles. The lowest BCUT2D eigenvalue weighted by Gasteiger charge is -2.29. The number of carbonyl (C=O) groups is 1. The van der Waals surface area contributed by atoms with Crippen LogP contribution in [-0.4, -0.2) is 48.2 Å². The molecule has 116 valence electrons. The molecule has 1 heterocycles. The van der Waals surface area contributed by atoms with Gasteiger partial charge in [0, 0.05) is 25.2 Å². The van der Waals surface area contributed by atoms with Crippen molar-refractivity contribution in [1.29, 1.82) is 0 Å². The van der Waals surface area contributed by atoms with Crippen LogP contribution >= 0.6 is 11.6 Å². The number of carbonyl (C=O) groups excluding carboxylic acids is 1. The molecule has 1 aromatic carbocycles. The third-order valence-electron chi connectivity index (χ3n) is 3.68. The molecule has 0 aliphatic carbocycles. The number of nitrogens with zero attached hydrogens (tertiary/aromatic N) is 1. The first-order valence-corrected chi connectivity index (χ1v) is 7.58. The summed E-state index contributed by atoms with van der Waals surface area (Å²) in [5, 5.41) is 12.2. The molecule has 0 aromatic heterocycles. The van der Waals surface area contributed by atoms with Crippen LogP contribution in [0.1, 0.15) is 29.6 Å². The number of hydrogen-bond acceptors (Lipinski definition) is 3. The monoisotopic (exact) mass is 314 g/mol. The lowest BCUT2D eigenvalue weighted by atomic mass is 10.1. The van der Waals surface area contributed by atoms with Crippen LogP contribution in [0.15, 0.2) is 18.2 Å². The van der Waals surface area contributed by atoms with E-state index in [-0.39, 0.29) is 17.0 Å². The van der Waals surface area contributed by atoms with Crippen molar-refractivity contribution in [3.8, 4) is 0 Å². The molecule has 1 amide bonds. The first kappa shape index (κ1) is 16.2. The van der Waals surface area contributed by atoms with Crippen LogP contribution in [0.3, 0.4) is 0 Å². The molecular formula is C15H20ClFN2O2. The zero-order chi connectivity index (χ0) is 15.2. The highest BCUT2D eigenvalue weighted by atomic mass is 35.5. The fourth-order valence-electron chi connectivity index (χ4n) is 2.39. The quantitative estimate of drug-likeness (QED) is 0.818. The molecule has 0 radical (unpaired) electrons. The number of aliphatic hydroxyl groups excluding tert-OH is 1. The predicted molar refractivity (Wildman–Crippen MR) is 80.0 cm³/mol. The standard InChI is InChI=1S/C15H20ClFN2O2/c16-13-10-11(2-3-14(13)17)15(21)18-6-1-7-19-8-4-12(20)5-9-19/h2-3,10,12,20H,1,4-9H2,(H,18,21). The molecular weight excluding hydrogens is 295 g/mol. The van der Waals surface area contributed by atoms with Crippen LogP contribution in [0.25, 0.3) is 0 Å². The fourth-order valence-corrected chi connectivity index (χ4v) is 2.57. The van der Waals surface area contributed by atoms with Crippen molar-refractivity contribution in [2.45, 2.75) is 25.4 Å². The summed E-state index contributed by atoms with van der Waals surface area (Å²) in [7, 11) is 0. The Morgan fingerprint density at radius 3 is 2.81 bits per heavy atom. The second-order valence-corrected chi connectivity index (χ2v) is 5.72. The van der Waals surface area contributed by atoms with Crippen molar-refractivity contribution in [2.24, 2.45) is 0 Å². The molecule has 1 fully saturated rings. The van der Waals surface area contributed by atoms with Gasteiger partial charge < -0.3 is 15.3 Å². The Morgan fingerprint density at radius 2 is 2.14 bits per heavy atom. The van der Waals surface area contributed by atoms with Gasteiger partial charge in [-0.05, 0) is 44.0 Å². The van der Waals surface area contributed by atoms with E-state index in [0.29, 0.717) is 12.1 Å². The van der Waals surface area contributed by atoms with Gasteiger partial charge in [-0.1, -0.05) is 11.6 Å². The summed E-state index contributed by atoms with van der Waals surface area (Å²) < 4.78 is 13.0. The normalized spacial score (nSPS) is 16.9. The van der Waals surface area contributed by atoms with Crippen molar-refractivity contribution in [3.05, 3.63) is 34.6 Å². The van der Waals surface area contributed by atoms with E-state index >= 15 is 0 Å². The summed E-state index contributed by atoms with van der Waals surface area (Å²) >= 11 is 5.65. The van der Waals surface area contributed by atoms with Gasteiger partial charge in [-0.15, -0.1) is 0 Å².